The van der Waals surface area contributed by atoms with E-state index in [4.69, 9.17) is 9.47 Å². The van der Waals surface area contributed by atoms with Crippen molar-refractivity contribution in [1.82, 2.24) is 0 Å². The van der Waals surface area contributed by atoms with Gasteiger partial charge in [-0.25, -0.2) is 0 Å². The molecule has 0 spiro atoms. The molecule has 0 radical (unpaired) electrons. The number of hydrogen-bond donors (Lipinski definition) is 1. The van der Waals surface area contributed by atoms with Crippen molar-refractivity contribution in [3.05, 3.63) is 78.4 Å². The van der Waals surface area contributed by atoms with Crippen molar-refractivity contribution in [2.45, 2.75) is 6.92 Å². The van der Waals surface area contributed by atoms with E-state index >= 15 is 0 Å². The van der Waals surface area contributed by atoms with Gasteiger partial charge in [-0.3, -0.25) is 4.79 Å². The van der Waals surface area contributed by atoms with Crippen LogP contribution in [0, 0.1) is 0 Å². The third kappa shape index (κ3) is 4.09. The molecule has 0 aliphatic heterocycles. The number of anilines is 3. The molecule has 3 rings (SSSR count). The molecular weight excluding hydrogens is 352 g/mol. The number of ether oxygens (including phenoxy) is 2. The molecule has 1 amide bonds. The summed E-state index contributed by atoms with van der Waals surface area (Å²) in [6.07, 6.45) is 0. The van der Waals surface area contributed by atoms with Gasteiger partial charge in [-0.1, -0.05) is 24.3 Å². The van der Waals surface area contributed by atoms with Gasteiger partial charge >= 0.3 is 0 Å². The molecule has 5 heteroatoms. The van der Waals surface area contributed by atoms with Crippen molar-refractivity contribution in [3.8, 4) is 11.5 Å². The number of rotatable bonds is 7. The van der Waals surface area contributed by atoms with Gasteiger partial charge in [0.1, 0.15) is 17.1 Å². The number of methoxy groups -OCH3 is 2. The van der Waals surface area contributed by atoms with Crippen LogP contribution in [0.2, 0.25) is 0 Å². The van der Waals surface area contributed by atoms with E-state index in [0.717, 1.165) is 17.9 Å². The molecule has 0 atom stereocenters. The summed E-state index contributed by atoms with van der Waals surface area (Å²) < 4.78 is 10.6. The monoisotopic (exact) mass is 376 g/mol. The lowest BCUT2D eigenvalue weighted by atomic mass is 10.1. The molecule has 28 heavy (non-hydrogen) atoms. The molecule has 0 fully saturated rings. The summed E-state index contributed by atoms with van der Waals surface area (Å²) >= 11 is 0. The zero-order chi connectivity index (χ0) is 19.9. The number of para-hydroxylation sites is 1. The first-order valence-electron chi connectivity index (χ1n) is 9.13. The predicted octanol–water partition coefficient (Wildman–Crippen LogP) is 5.11. The normalized spacial score (nSPS) is 10.2. The van der Waals surface area contributed by atoms with Gasteiger partial charge in [0.05, 0.1) is 14.2 Å². The highest BCUT2D eigenvalue weighted by Crippen LogP contribution is 2.30. The van der Waals surface area contributed by atoms with Crippen molar-refractivity contribution in [3.63, 3.8) is 0 Å². The predicted molar refractivity (Wildman–Crippen MR) is 113 cm³/mol. The highest BCUT2D eigenvalue weighted by atomic mass is 16.5. The summed E-state index contributed by atoms with van der Waals surface area (Å²) in [5, 5.41) is 2.91. The maximum atomic E-state index is 12.8. The van der Waals surface area contributed by atoms with Gasteiger partial charge in [-0.2, -0.15) is 0 Å². The van der Waals surface area contributed by atoms with Gasteiger partial charge in [-0.05, 0) is 55.5 Å². The Morgan fingerprint density at radius 3 is 1.93 bits per heavy atom. The number of amides is 1. The average Bonchev–Trinajstić information content (AvgIpc) is 2.75. The van der Waals surface area contributed by atoms with Crippen molar-refractivity contribution in [2.75, 3.05) is 31.0 Å². The molecular formula is C23H24N2O3. The second kappa shape index (κ2) is 8.95. The average molecular weight is 376 g/mol. The van der Waals surface area contributed by atoms with Crippen LogP contribution in [0.4, 0.5) is 17.1 Å². The van der Waals surface area contributed by atoms with Crippen LogP contribution in [0.15, 0.2) is 72.8 Å². The smallest absolute Gasteiger partial charge is 0.263 e. The van der Waals surface area contributed by atoms with E-state index in [-0.39, 0.29) is 5.91 Å². The lowest BCUT2D eigenvalue weighted by Crippen LogP contribution is -2.16. The van der Waals surface area contributed by atoms with Crippen LogP contribution < -0.4 is 19.7 Å². The third-order valence-corrected chi connectivity index (χ3v) is 4.48. The largest absolute Gasteiger partial charge is 0.496 e. The second-order valence-electron chi connectivity index (χ2n) is 6.12. The standard InChI is InChI=1S/C23H24N2O3/c1-4-25(18-9-6-5-7-10-18)19-15-13-17(14-16-19)24-23(26)22-20(27-2)11-8-12-21(22)28-3/h5-16H,4H2,1-3H3,(H,24,26). The minimum atomic E-state index is -0.280. The van der Waals surface area contributed by atoms with Gasteiger partial charge in [0, 0.05) is 23.6 Å². The lowest BCUT2D eigenvalue weighted by molar-refractivity contribution is 0.102. The van der Waals surface area contributed by atoms with Gasteiger partial charge in [0.25, 0.3) is 5.91 Å². The SMILES string of the molecule is CCN(c1ccccc1)c1ccc(NC(=O)c2c(OC)cccc2OC)cc1. The molecule has 0 saturated carbocycles. The molecule has 3 aromatic rings. The summed E-state index contributed by atoms with van der Waals surface area (Å²) in [5.41, 5.74) is 3.25. The van der Waals surface area contributed by atoms with E-state index in [1.165, 1.54) is 14.2 Å². The number of hydrogen-bond acceptors (Lipinski definition) is 4. The van der Waals surface area contributed by atoms with Crippen molar-refractivity contribution in [1.29, 1.82) is 0 Å². The summed E-state index contributed by atoms with van der Waals surface area (Å²) in [7, 11) is 3.06. The zero-order valence-electron chi connectivity index (χ0n) is 16.3. The van der Waals surface area contributed by atoms with Crippen molar-refractivity contribution < 1.29 is 14.3 Å². The maximum absolute atomic E-state index is 12.8. The molecule has 0 aromatic heterocycles. The zero-order valence-corrected chi connectivity index (χ0v) is 16.3. The Bertz CT molecular complexity index is 902. The van der Waals surface area contributed by atoms with Crippen LogP contribution in [0.25, 0.3) is 0 Å². The Morgan fingerprint density at radius 1 is 0.821 bits per heavy atom. The Morgan fingerprint density at radius 2 is 1.39 bits per heavy atom. The molecule has 0 aliphatic rings. The second-order valence-corrected chi connectivity index (χ2v) is 6.12. The van der Waals surface area contributed by atoms with E-state index in [0.29, 0.717) is 22.7 Å². The van der Waals surface area contributed by atoms with Crippen molar-refractivity contribution >= 4 is 23.0 Å². The fraction of sp³-hybridized carbons (Fsp3) is 0.174. The quantitative estimate of drug-likeness (QED) is 0.622. The highest BCUT2D eigenvalue weighted by Gasteiger charge is 2.18. The first kappa shape index (κ1) is 19.3. The number of nitrogens with one attached hydrogen (secondary N) is 1. The molecule has 1 N–H and O–H groups in total. The first-order chi connectivity index (χ1) is 13.7. The van der Waals surface area contributed by atoms with E-state index in [9.17, 15) is 4.79 Å². The minimum absolute atomic E-state index is 0.280. The molecule has 3 aromatic carbocycles. The number of carbonyl (C=O) groups excluding carboxylic acids is 1. The van der Waals surface area contributed by atoms with Gasteiger partial charge in [0.2, 0.25) is 0 Å². The Balaban J connectivity index is 1.81. The summed E-state index contributed by atoms with van der Waals surface area (Å²) in [4.78, 5) is 15.0. The summed E-state index contributed by atoms with van der Waals surface area (Å²) in [6.45, 7) is 2.95. The molecule has 5 nitrogen and oxygen atoms in total. The van der Waals surface area contributed by atoms with Crippen LogP contribution in [0.5, 0.6) is 11.5 Å². The van der Waals surface area contributed by atoms with Crippen LogP contribution in [-0.2, 0) is 0 Å². The van der Waals surface area contributed by atoms with E-state index in [1.54, 1.807) is 18.2 Å². The molecule has 0 bridgehead atoms. The summed E-state index contributed by atoms with van der Waals surface area (Å²) in [5.74, 6) is 0.655. The van der Waals surface area contributed by atoms with Gasteiger partial charge in [0.15, 0.2) is 0 Å². The van der Waals surface area contributed by atoms with Crippen LogP contribution >= 0.6 is 0 Å². The van der Waals surface area contributed by atoms with E-state index < -0.39 is 0 Å². The van der Waals surface area contributed by atoms with E-state index in [1.807, 2.05) is 42.5 Å². The molecule has 0 saturated heterocycles. The molecule has 144 valence electrons. The lowest BCUT2D eigenvalue weighted by Gasteiger charge is -2.23. The Hall–Kier alpha value is -3.47. The summed E-state index contributed by atoms with van der Waals surface area (Å²) in [6, 6.07) is 23.2. The molecule has 0 heterocycles. The van der Waals surface area contributed by atoms with Crippen LogP contribution in [-0.4, -0.2) is 26.7 Å². The highest BCUT2D eigenvalue weighted by molar-refractivity contribution is 6.08. The minimum Gasteiger partial charge on any atom is -0.496 e. The Labute approximate surface area is 165 Å². The Kier molecular flexibility index (Phi) is 6.17. The topological polar surface area (TPSA) is 50.8 Å². The number of benzene rings is 3. The van der Waals surface area contributed by atoms with Crippen LogP contribution in [0.1, 0.15) is 17.3 Å². The fourth-order valence-corrected chi connectivity index (χ4v) is 3.12. The number of carbonyl (C=O) groups is 1. The van der Waals surface area contributed by atoms with Gasteiger partial charge < -0.3 is 19.7 Å². The number of nitrogens with zero attached hydrogens (tertiary/aromatic N) is 1. The van der Waals surface area contributed by atoms with Gasteiger partial charge in [-0.15, -0.1) is 0 Å². The van der Waals surface area contributed by atoms with Crippen LogP contribution in [0.3, 0.4) is 0 Å². The third-order valence-electron chi connectivity index (χ3n) is 4.48. The first-order valence-corrected chi connectivity index (χ1v) is 9.13. The van der Waals surface area contributed by atoms with E-state index in [2.05, 4.69) is 29.3 Å². The maximum Gasteiger partial charge on any atom is 0.263 e. The molecule has 0 aliphatic carbocycles. The molecule has 0 unspecified atom stereocenters. The van der Waals surface area contributed by atoms with Crippen molar-refractivity contribution in [2.24, 2.45) is 0 Å². The fourth-order valence-electron chi connectivity index (χ4n) is 3.12.